The average Bonchev–Trinajstić information content (AvgIpc) is 2.75. The zero-order valence-electron chi connectivity index (χ0n) is 15.0. The first-order chi connectivity index (χ1) is 13.3. The highest BCUT2D eigenvalue weighted by atomic mass is 16.5. The Bertz CT molecular complexity index is 960. The third kappa shape index (κ3) is 3.53. The van der Waals surface area contributed by atoms with E-state index in [1.165, 1.54) is 0 Å². The summed E-state index contributed by atoms with van der Waals surface area (Å²) in [6, 6.07) is 28.0. The van der Waals surface area contributed by atoms with E-state index in [0.717, 1.165) is 22.6 Å². The van der Waals surface area contributed by atoms with Gasteiger partial charge in [-0.05, 0) is 29.8 Å². The zero-order valence-corrected chi connectivity index (χ0v) is 15.0. The Morgan fingerprint density at radius 2 is 1.56 bits per heavy atom. The highest BCUT2D eigenvalue weighted by Gasteiger charge is 2.40. The van der Waals surface area contributed by atoms with Crippen LogP contribution in [0.4, 0.5) is 5.69 Å². The second-order valence-corrected chi connectivity index (χ2v) is 6.63. The summed E-state index contributed by atoms with van der Waals surface area (Å²) in [4.78, 5) is 2.16. The first kappa shape index (κ1) is 17.2. The van der Waals surface area contributed by atoms with Crippen LogP contribution in [-0.2, 0) is 6.54 Å². The molecule has 3 heteroatoms. The molecule has 1 aliphatic heterocycles. The topological polar surface area (TPSA) is 32.7 Å². The molecule has 4 rings (SSSR count). The van der Waals surface area contributed by atoms with Gasteiger partial charge in [-0.15, -0.1) is 0 Å². The molecule has 0 saturated carbocycles. The normalized spacial score (nSPS) is 18.0. The summed E-state index contributed by atoms with van der Waals surface area (Å²) in [5, 5.41) is 10.4. The molecule has 1 heterocycles. The molecule has 0 spiro atoms. The van der Waals surface area contributed by atoms with Crippen molar-refractivity contribution in [3.05, 3.63) is 96.1 Å². The first-order valence-electron chi connectivity index (χ1n) is 9.03. The lowest BCUT2D eigenvalue weighted by atomic mass is 9.95. The fraction of sp³-hybridized carbons (Fsp3) is 0.167. The van der Waals surface area contributed by atoms with Gasteiger partial charge in [0.15, 0.2) is 5.54 Å². The lowest BCUT2D eigenvalue weighted by Gasteiger charge is -2.44. The lowest BCUT2D eigenvalue weighted by molar-refractivity contribution is 0.148. The van der Waals surface area contributed by atoms with Crippen molar-refractivity contribution in [2.24, 2.45) is 0 Å². The fourth-order valence-electron chi connectivity index (χ4n) is 3.29. The highest BCUT2D eigenvalue weighted by molar-refractivity contribution is 5.64. The molecule has 1 atom stereocenters. The van der Waals surface area contributed by atoms with Gasteiger partial charge < -0.3 is 14.7 Å². The summed E-state index contributed by atoms with van der Waals surface area (Å²) in [5.74, 6) is 7.35. The lowest BCUT2D eigenvalue weighted by Crippen LogP contribution is -2.57. The molecule has 1 N–H and O–H groups in total. The molecule has 134 valence electrons. The van der Waals surface area contributed by atoms with E-state index in [1.807, 2.05) is 72.8 Å². The maximum absolute atomic E-state index is 10.4. The van der Waals surface area contributed by atoms with Gasteiger partial charge in [0.05, 0.1) is 12.3 Å². The molecule has 3 aromatic rings. The Labute approximate surface area is 159 Å². The molecule has 3 aromatic carbocycles. The molecule has 1 aliphatic rings. The maximum Gasteiger partial charge on any atom is 0.160 e. The van der Waals surface area contributed by atoms with Crippen LogP contribution in [0.1, 0.15) is 11.1 Å². The molecule has 0 radical (unpaired) electrons. The van der Waals surface area contributed by atoms with Gasteiger partial charge in [0.2, 0.25) is 0 Å². The van der Waals surface area contributed by atoms with Crippen LogP contribution in [-0.4, -0.2) is 23.9 Å². The van der Waals surface area contributed by atoms with Gasteiger partial charge in [0.1, 0.15) is 12.4 Å². The van der Waals surface area contributed by atoms with Crippen LogP contribution in [0.5, 0.6) is 5.75 Å². The molecule has 1 unspecified atom stereocenters. The zero-order chi connectivity index (χ0) is 18.5. The Kier molecular flexibility index (Phi) is 4.82. The molecular weight excluding hydrogens is 334 g/mol. The van der Waals surface area contributed by atoms with Crippen LogP contribution in [0.15, 0.2) is 84.9 Å². The fourth-order valence-corrected chi connectivity index (χ4v) is 3.29. The second-order valence-electron chi connectivity index (χ2n) is 6.63. The van der Waals surface area contributed by atoms with Gasteiger partial charge in [0, 0.05) is 12.1 Å². The van der Waals surface area contributed by atoms with Crippen molar-refractivity contribution in [1.82, 2.24) is 0 Å². The summed E-state index contributed by atoms with van der Waals surface area (Å²) in [6.45, 7) is 0.840. The van der Waals surface area contributed by atoms with Crippen molar-refractivity contribution in [2.45, 2.75) is 12.1 Å². The Morgan fingerprint density at radius 3 is 2.30 bits per heavy atom. The number of ether oxygens (including phenoxy) is 1. The summed E-state index contributed by atoms with van der Waals surface area (Å²) >= 11 is 0. The van der Waals surface area contributed by atoms with E-state index in [4.69, 9.17) is 4.74 Å². The average molecular weight is 355 g/mol. The maximum atomic E-state index is 10.4. The second kappa shape index (κ2) is 7.57. The van der Waals surface area contributed by atoms with Crippen LogP contribution in [0, 0.1) is 11.8 Å². The summed E-state index contributed by atoms with van der Waals surface area (Å²) in [6.07, 6.45) is 0. The molecular formula is C24H21NO2. The summed E-state index contributed by atoms with van der Waals surface area (Å²) in [5.41, 5.74) is 2.22. The van der Waals surface area contributed by atoms with Crippen LogP contribution in [0.2, 0.25) is 0 Å². The van der Waals surface area contributed by atoms with Crippen LogP contribution in [0.3, 0.4) is 0 Å². The third-order valence-corrected chi connectivity index (χ3v) is 4.80. The molecule has 0 fully saturated rings. The number of aliphatic hydroxyl groups is 1. The number of nitrogens with zero attached hydrogens (tertiary/aromatic N) is 1. The largest absolute Gasteiger partial charge is 0.488 e. The Hall–Kier alpha value is -3.22. The van der Waals surface area contributed by atoms with Gasteiger partial charge in [-0.2, -0.15) is 0 Å². The van der Waals surface area contributed by atoms with Gasteiger partial charge in [-0.1, -0.05) is 72.5 Å². The van der Waals surface area contributed by atoms with E-state index in [2.05, 4.69) is 28.9 Å². The predicted molar refractivity (Wildman–Crippen MR) is 108 cm³/mol. The number of anilines is 1. The van der Waals surface area contributed by atoms with Crippen molar-refractivity contribution < 1.29 is 9.84 Å². The minimum absolute atomic E-state index is 0.117. The van der Waals surface area contributed by atoms with Crippen molar-refractivity contribution in [3.8, 4) is 17.6 Å². The molecule has 0 aliphatic carbocycles. The van der Waals surface area contributed by atoms with Crippen molar-refractivity contribution >= 4 is 5.69 Å². The van der Waals surface area contributed by atoms with Gasteiger partial charge >= 0.3 is 0 Å². The predicted octanol–water partition coefficient (Wildman–Crippen LogP) is 3.87. The quantitative estimate of drug-likeness (QED) is 0.724. The number of rotatable bonds is 3. The summed E-state index contributed by atoms with van der Waals surface area (Å²) < 4.78 is 5.98. The van der Waals surface area contributed by atoms with E-state index < -0.39 is 5.54 Å². The van der Waals surface area contributed by atoms with Crippen LogP contribution in [0.25, 0.3) is 0 Å². The van der Waals surface area contributed by atoms with E-state index in [0.29, 0.717) is 13.2 Å². The van der Waals surface area contributed by atoms with Crippen molar-refractivity contribution in [3.63, 3.8) is 0 Å². The molecule has 3 nitrogen and oxygen atoms in total. The van der Waals surface area contributed by atoms with Crippen LogP contribution >= 0.6 is 0 Å². The molecule has 0 aromatic heterocycles. The number of hydrogen-bond acceptors (Lipinski definition) is 3. The highest BCUT2D eigenvalue weighted by Crippen LogP contribution is 2.39. The molecule has 0 bridgehead atoms. The van der Waals surface area contributed by atoms with Crippen molar-refractivity contribution in [2.75, 3.05) is 18.1 Å². The van der Waals surface area contributed by atoms with Gasteiger partial charge in [0.25, 0.3) is 0 Å². The molecule has 0 saturated heterocycles. The number of fused-ring (bicyclic) bond motifs is 1. The Morgan fingerprint density at radius 1 is 0.889 bits per heavy atom. The van der Waals surface area contributed by atoms with E-state index >= 15 is 0 Å². The smallest absolute Gasteiger partial charge is 0.160 e. The Balaban J connectivity index is 1.78. The molecule has 27 heavy (non-hydrogen) atoms. The minimum Gasteiger partial charge on any atom is -0.488 e. The summed E-state index contributed by atoms with van der Waals surface area (Å²) in [7, 11) is 0. The monoisotopic (exact) mass is 355 g/mol. The third-order valence-electron chi connectivity index (χ3n) is 4.80. The van der Waals surface area contributed by atoms with E-state index in [9.17, 15) is 5.11 Å². The van der Waals surface area contributed by atoms with Crippen molar-refractivity contribution in [1.29, 1.82) is 0 Å². The van der Waals surface area contributed by atoms with E-state index in [-0.39, 0.29) is 6.61 Å². The van der Waals surface area contributed by atoms with Gasteiger partial charge in [-0.3, -0.25) is 0 Å². The van der Waals surface area contributed by atoms with Crippen LogP contribution < -0.4 is 9.64 Å². The minimum atomic E-state index is -0.806. The number of para-hydroxylation sites is 2. The SMILES string of the molecule is OCC1(C#Cc2ccccc2)COc2ccccc2N1Cc1ccccc1. The number of aliphatic hydroxyl groups excluding tert-OH is 1. The standard InChI is InChI=1S/C24H21NO2/c26-18-24(16-15-20-9-3-1-4-10-20)19-27-23-14-8-7-13-22(23)25(24)17-21-11-5-2-6-12-21/h1-14,26H,17-19H2. The molecule has 0 amide bonds. The first-order valence-corrected chi connectivity index (χ1v) is 9.03. The number of benzene rings is 3. The number of hydrogen-bond donors (Lipinski definition) is 1. The van der Waals surface area contributed by atoms with Gasteiger partial charge in [-0.25, -0.2) is 0 Å². The van der Waals surface area contributed by atoms with E-state index in [1.54, 1.807) is 0 Å².